The second kappa shape index (κ2) is 21.1. The molecule has 0 aromatic heterocycles. The number of ketones is 1. The van der Waals surface area contributed by atoms with Crippen LogP contribution < -0.4 is 5.73 Å². The van der Waals surface area contributed by atoms with E-state index in [-0.39, 0.29) is 31.6 Å². The number of hydrogen-bond acceptors (Lipinski definition) is 7. The summed E-state index contributed by atoms with van der Waals surface area (Å²) in [5.41, 5.74) is 4.88. The van der Waals surface area contributed by atoms with E-state index in [0.717, 1.165) is 176 Å². The zero-order valence-electron chi connectivity index (χ0n) is 39.1. The smallest absolute Gasteiger partial charge is 0.307 e. The molecular formula is C55H97NO7. The standard InChI is InChI=1S/C27H44O3.C20H32O3.C6H13NO.2CH4/c1-26(29)13-9-20-19(17-26)4-5-22-21(20)10-14-27(2)23(22)6-7-24(27)25(28)8-3-18-11-15-30-16-12-18;1-19(23)9-7-13-12(11-19)3-4-15-14(13)8-10-20(2)16(15)5-6-17(20)18(21)22;7-5-6-1-3-8-4-2-6;;/h18-24,29H,3-17H2,1-2H3;12-17,23H,3-11H2,1-2H3,(H,21,22);6H,1-5,7H2;2*1H4/t19-,20+,21-,22-,23+,24-,26-,27+;12-,13+,14-,15-,16+,17-,19-,20+;;;/m11.../s1. The fourth-order valence-corrected chi connectivity index (χ4v) is 17.6. The number of carbonyl (C=O) groups is 2. The van der Waals surface area contributed by atoms with Crippen molar-refractivity contribution in [2.75, 3.05) is 33.0 Å². The molecule has 364 valence electrons. The third kappa shape index (κ3) is 10.8. The number of aliphatic carboxylic acids is 1. The zero-order chi connectivity index (χ0) is 43.2. The molecule has 2 heterocycles. The van der Waals surface area contributed by atoms with Gasteiger partial charge >= 0.3 is 5.97 Å². The lowest BCUT2D eigenvalue weighted by atomic mass is 9.49. The van der Waals surface area contributed by atoms with Gasteiger partial charge in [-0.2, -0.15) is 0 Å². The Morgan fingerprint density at radius 2 is 0.952 bits per heavy atom. The molecule has 8 aliphatic carbocycles. The number of fused-ring (bicyclic) bond motifs is 10. The number of rotatable bonds is 6. The molecule has 10 aliphatic rings. The molecule has 0 aromatic carbocycles. The highest BCUT2D eigenvalue weighted by atomic mass is 16.5. The van der Waals surface area contributed by atoms with Crippen molar-refractivity contribution in [1.29, 1.82) is 0 Å². The molecule has 8 heteroatoms. The molecule has 0 spiro atoms. The molecule has 0 bridgehead atoms. The van der Waals surface area contributed by atoms with Crippen LogP contribution in [0.3, 0.4) is 0 Å². The predicted octanol–water partition coefficient (Wildman–Crippen LogP) is 11.5. The first-order valence-electron chi connectivity index (χ1n) is 26.2. The van der Waals surface area contributed by atoms with E-state index in [4.69, 9.17) is 15.2 Å². The van der Waals surface area contributed by atoms with Gasteiger partial charge in [0.1, 0.15) is 5.78 Å². The number of carboxylic acids is 1. The molecule has 0 aromatic rings. The topological polar surface area (TPSA) is 139 Å². The van der Waals surface area contributed by atoms with Crippen molar-refractivity contribution < 1.29 is 34.4 Å². The van der Waals surface area contributed by atoms with Gasteiger partial charge in [0.05, 0.1) is 17.1 Å². The highest BCUT2D eigenvalue weighted by Gasteiger charge is 2.60. The van der Waals surface area contributed by atoms with Crippen LogP contribution in [0.1, 0.15) is 197 Å². The Kier molecular flexibility index (Phi) is 17.2. The number of hydrogen-bond donors (Lipinski definition) is 4. The van der Waals surface area contributed by atoms with Crippen LogP contribution in [0.25, 0.3) is 0 Å². The van der Waals surface area contributed by atoms with Gasteiger partial charge in [-0.15, -0.1) is 0 Å². The van der Waals surface area contributed by atoms with Gasteiger partial charge in [-0.3, -0.25) is 9.59 Å². The Morgan fingerprint density at radius 3 is 1.40 bits per heavy atom. The molecule has 63 heavy (non-hydrogen) atoms. The third-order valence-corrected chi connectivity index (χ3v) is 21.0. The normalized spacial score (nSPS) is 46.7. The Bertz CT molecular complexity index is 1490. The first kappa shape index (κ1) is 51.3. The average Bonchev–Trinajstić information content (AvgIpc) is 3.80. The van der Waals surface area contributed by atoms with Crippen LogP contribution in [0.4, 0.5) is 0 Å². The summed E-state index contributed by atoms with van der Waals surface area (Å²) in [7, 11) is 0. The minimum Gasteiger partial charge on any atom is -0.481 e. The lowest BCUT2D eigenvalue weighted by Crippen LogP contribution is -2.51. The first-order valence-corrected chi connectivity index (χ1v) is 26.2. The van der Waals surface area contributed by atoms with Crippen molar-refractivity contribution in [2.45, 2.75) is 208 Å². The molecule has 10 rings (SSSR count). The number of Topliss-reactive ketones (excluding diaryl/α,β-unsaturated/α-hetero) is 1. The number of carboxylic acid groups (broad SMARTS) is 1. The summed E-state index contributed by atoms with van der Waals surface area (Å²) in [4.78, 5) is 25.0. The number of carbonyl (C=O) groups excluding carboxylic acids is 1. The molecule has 8 saturated carbocycles. The maximum Gasteiger partial charge on any atom is 0.307 e. The fourth-order valence-electron chi connectivity index (χ4n) is 17.6. The lowest BCUT2D eigenvalue weighted by molar-refractivity contribution is -0.150. The fraction of sp³-hybridized carbons (Fsp3) is 0.964. The molecule has 2 saturated heterocycles. The van der Waals surface area contributed by atoms with Crippen molar-refractivity contribution in [3.05, 3.63) is 0 Å². The van der Waals surface area contributed by atoms with Gasteiger partial charge in [0, 0.05) is 38.8 Å². The van der Waals surface area contributed by atoms with Gasteiger partial charge in [0.15, 0.2) is 0 Å². The maximum atomic E-state index is 13.3. The quantitative estimate of drug-likeness (QED) is 0.207. The Balaban J connectivity index is 0.000000177. The van der Waals surface area contributed by atoms with Crippen molar-refractivity contribution in [2.24, 2.45) is 99.4 Å². The molecule has 0 unspecified atom stereocenters. The second-order valence-electron chi connectivity index (χ2n) is 24.4. The van der Waals surface area contributed by atoms with Crippen molar-refractivity contribution in [1.82, 2.24) is 0 Å². The molecule has 16 atom stereocenters. The molecule has 5 N–H and O–H groups in total. The van der Waals surface area contributed by atoms with Crippen LogP contribution in [0.15, 0.2) is 0 Å². The van der Waals surface area contributed by atoms with E-state index in [1.807, 2.05) is 6.92 Å². The number of ether oxygens (including phenoxy) is 2. The van der Waals surface area contributed by atoms with Gasteiger partial charge < -0.3 is 30.5 Å². The Morgan fingerprint density at radius 1 is 0.524 bits per heavy atom. The maximum absolute atomic E-state index is 13.3. The Hall–Kier alpha value is -1.06. The first-order chi connectivity index (χ1) is 29.1. The number of nitrogens with two attached hydrogens (primary N) is 1. The summed E-state index contributed by atoms with van der Waals surface area (Å²) >= 11 is 0. The van der Waals surface area contributed by atoms with E-state index in [2.05, 4.69) is 20.8 Å². The number of aliphatic hydroxyl groups is 2. The summed E-state index contributed by atoms with van der Waals surface area (Å²) in [5, 5.41) is 30.7. The molecule has 0 amide bonds. The summed E-state index contributed by atoms with van der Waals surface area (Å²) in [5.74, 6) is 9.47. The van der Waals surface area contributed by atoms with E-state index >= 15 is 0 Å². The van der Waals surface area contributed by atoms with Crippen molar-refractivity contribution in [3.63, 3.8) is 0 Å². The molecule has 10 fully saturated rings. The SMILES string of the molecule is C.C.C[C@@]1(O)CC[C@H]2[C@H](CC[C@@H]3[C@@H]2CC[C@]2(C)[C@@H](C(=O)CCC4CCOCC4)CC[C@@H]32)C1.C[C@@]1(O)CC[C@H]2[C@H](CC[C@@H]3[C@@H]2CC[C@]2(C)[C@@H](C(=O)O)CC[C@@H]32)C1.NCC1CCOCC1. The van der Waals surface area contributed by atoms with Crippen LogP contribution in [0, 0.1) is 93.7 Å². The second-order valence-corrected chi connectivity index (χ2v) is 24.4. The molecular weight excluding hydrogens is 787 g/mol. The van der Waals surface area contributed by atoms with E-state index in [0.29, 0.717) is 29.5 Å². The highest BCUT2D eigenvalue weighted by molar-refractivity contribution is 5.82. The lowest BCUT2D eigenvalue weighted by Gasteiger charge is -2.56. The summed E-state index contributed by atoms with van der Waals surface area (Å²) in [6, 6.07) is 0. The van der Waals surface area contributed by atoms with Crippen molar-refractivity contribution in [3.8, 4) is 0 Å². The largest absolute Gasteiger partial charge is 0.481 e. The minimum atomic E-state index is -0.559. The van der Waals surface area contributed by atoms with Crippen LogP contribution >= 0.6 is 0 Å². The van der Waals surface area contributed by atoms with Crippen LogP contribution in [0.5, 0.6) is 0 Å². The van der Waals surface area contributed by atoms with E-state index in [1.165, 1.54) is 64.2 Å². The van der Waals surface area contributed by atoms with Crippen LogP contribution in [-0.4, -0.2) is 71.2 Å². The molecule has 8 nitrogen and oxygen atoms in total. The van der Waals surface area contributed by atoms with E-state index < -0.39 is 17.2 Å². The molecule has 0 radical (unpaired) electrons. The highest BCUT2D eigenvalue weighted by Crippen LogP contribution is 2.66. The van der Waals surface area contributed by atoms with Crippen LogP contribution in [0.2, 0.25) is 0 Å². The van der Waals surface area contributed by atoms with Gasteiger partial charge in [0.25, 0.3) is 0 Å². The zero-order valence-corrected chi connectivity index (χ0v) is 39.1. The van der Waals surface area contributed by atoms with Crippen molar-refractivity contribution >= 4 is 11.8 Å². The summed E-state index contributed by atoms with van der Waals surface area (Å²) < 4.78 is 10.6. The minimum absolute atomic E-state index is 0. The van der Waals surface area contributed by atoms with Gasteiger partial charge in [0.2, 0.25) is 0 Å². The summed E-state index contributed by atoms with van der Waals surface area (Å²) in [6.45, 7) is 13.3. The van der Waals surface area contributed by atoms with E-state index in [9.17, 15) is 24.9 Å². The Labute approximate surface area is 385 Å². The van der Waals surface area contributed by atoms with Gasteiger partial charge in [-0.05, 0) is 250 Å². The predicted molar refractivity (Wildman–Crippen MR) is 254 cm³/mol. The van der Waals surface area contributed by atoms with E-state index in [1.54, 1.807) is 0 Å². The average molecular weight is 884 g/mol. The van der Waals surface area contributed by atoms with Gasteiger partial charge in [-0.1, -0.05) is 28.7 Å². The summed E-state index contributed by atoms with van der Waals surface area (Å²) in [6.07, 6.45) is 27.5. The third-order valence-electron chi connectivity index (χ3n) is 21.0. The van der Waals surface area contributed by atoms with Crippen LogP contribution in [-0.2, 0) is 19.1 Å². The van der Waals surface area contributed by atoms with Gasteiger partial charge in [-0.25, -0.2) is 0 Å². The molecule has 2 aliphatic heterocycles. The monoisotopic (exact) mass is 884 g/mol.